The first kappa shape index (κ1) is 21.8. The first-order valence-electron chi connectivity index (χ1n) is 10.1. The Morgan fingerprint density at radius 3 is 2.52 bits per heavy atom. The van der Waals surface area contributed by atoms with Gasteiger partial charge in [-0.15, -0.1) is 0 Å². The third-order valence-electron chi connectivity index (χ3n) is 6.30. The quantitative estimate of drug-likeness (QED) is 0.427. The van der Waals surface area contributed by atoms with Crippen LogP contribution < -0.4 is 0 Å². The molecule has 0 saturated carbocycles. The van der Waals surface area contributed by atoms with Gasteiger partial charge in [-0.1, -0.05) is 27.4 Å². The molecule has 2 bridgehead atoms. The number of fused-ring (bicyclic) bond motifs is 3. The van der Waals surface area contributed by atoms with Crippen LogP contribution in [0.4, 0.5) is 0 Å². The predicted molar refractivity (Wildman–Crippen MR) is 100 cm³/mol. The molecule has 0 aromatic rings. The number of hydrogen-bond donors (Lipinski definition) is 1. The van der Waals surface area contributed by atoms with E-state index in [1.54, 1.807) is 27.7 Å². The van der Waals surface area contributed by atoms with Gasteiger partial charge in [-0.05, 0) is 13.3 Å². The van der Waals surface area contributed by atoms with Crippen molar-refractivity contribution in [2.75, 3.05) is 0 Å². The Labute approximate surface area is 170 Å². The van der Waals surface area contributed by atoms with E-state index >= 15 is 0 Å². The lowest BCUT2D eigenvalue weighted by atomic mass is 9.77. The summed E-state index contributed by atoms with van der Waals surface area (Å²) in [7, 11) is 0. The predicted octanol–water partition coefficient (Wildman–Crippen LogP) is 1.88. The highest BCUT2D eigenvalue weighted by Crippen LogP contribution is 2.50. The molecule has 8 nitrogen and oxygen atoms in total. The van der Waals surface area contributed by atoms with Gasteiger partial charge in [0.25, 0.3) is 0 Å². The molecule has 8 heteroatoms. The molecular weight excluding hydrogens is 380 g/mol. The highest BCUT2D eigenvalue weighted by Gasteiger charge is 2.61. The second kappa shape index (κ2) is 7.40. The van der Waals surface area contributed by atoms with Crippen molar-refractivity contribution in [2.24, 2.45) is 17.8 Å². The molecule has 0 amide bonds. The standard InChI is InChI=1S/C21H30O8/c1-10(2)18(23)28-15-8-20(6)16(26-13(5)22)9-21(25,29-20)11(3)7-14-17(15)12(4)19(24)27-14/h10-11,14-17,25H,4,7-9H2,1-3,5-6H3/t11-,14+,15+,16+,17-,20?,21?/m1/s1. The van der Waals surface area contributed by atoms with Crippen LogP contribution in [0, 0.1) is 17.8 Å². The second-order valence-corrected chi connectivity index (χ2v) is 9.03. The summed E-state index contributed by atoms with van der Waals surface area (Å²) in [4.78, 5) is 36.3. The molecule has 3 fully saturated rings. The Morgan fingerprint density at radius 1 is 1.28 bits per heavy atom. The maximum absolute atomic E-state index is 12.4. The number of carbonyl (C=O) groups is 3. The highest BCUT2D eigenvalue weighted by atomic mass is 16.7. The SMILES string of the molecule is C=C1C(=O)O[C@H]2C[C@@H](C)C3(O)C[C@H](OC(C)=O)C(C)(C[C@H](OC(=O)C(C)C)[C@H]12)O3. The first-order valence-corrected chi connectivity index (χ1v) is 10.1. The van der Waals surface area contributed by atoms with Gasteiger partial charge < -0.3 is 24.1 Å². The maximum Gasteiger partial charge on any atom is 0.334 e. The van der Waals surface area contributed by atoms with Gasteiger partial charge in [0.1, 0.15) is 23.9 Å². The lowest BCUT2D eigenvalue weighted by molar-refractivity contribution is -0.253. The van der Waals surface area contributed by atoms with Crippen molar-refractivity contribution in [1.29, 1.82) is 0 Å². The summed E-state index contributed by atoms with van der Waals surface area (Å²) < 4.78 is 22.9. The topological polar surface area (TPSA) is 108 Å². The van der Waals surface area contributed by atoms with Gasteiger partial charge in [0.15, 0.2) is 5.79 Å². The molecule has 3 heterocycles. The van der Waals surface area contributed by atoms with E-state index in [-0.39, 0.29) is 24.3 Å². The van der Waals surface area contributed by atoms with E-state index in [0.29, 0.717) is 6.42 Å². The average Bonchev–Trinajstić information content (AvgIpc) is 3.00. The number of aliphatic hydroxyl groups is 1. The molecule has 2 unspecified atom stereocenters. The second-order valence-electron chi connectivity index (χ2n) is 9.03. The highest BCUT2D eigenvalue weighted by molar-refractivity contribution is 5.91. The molecule has 0 spiro atoms. The van der Waals surface area contributed by atoms with Crippen LogP contribution in [-0.4, -0.2) is 52.7 Å². The fourth-order valence-corrected chi connectivity index (χ4v) is 4.60. The lowest BCUT2D eigenvalue weighted by Crippen LogP contribution is -2.46. The molecule has 162 valence electrons. The number of hydrogen-bond acceptors (Lipinski definition) is 8. The van der Waals surface area contributed by atoms with Crippen molar-refractivity contribution in [1.82, 2.24) is 0 Å². The van der Waals surface area contributed by atoms with E-state index in [4.69, 9.17) is 18.9 Å². The lowest BCUT2D eigenvalue weighted by Gasteiger charge is -2.35. The molecule has 29 heavy (non-hydrogen) atoms. The van der Waals surface area contributed by atoms with Gasteiger partial charge >= 0.3 is 17.9 Å². The van der Waals surface area contributed by atoms with Gasteiger partial charge in [-0.25, -0.2) is 4.79 Å². The summed E-state index contributed by atoms with van der Waals surface area (Å²) in [5.41, 5.74) is -0.876. The Bertz CT molecular complexity index is 730. The molecule has 7 atom stereocenters. The summed E-state index contributed by atoms with van der Waals surface area (Å²) in [5, 5.41) is 11.2. The normalized spacial score (nSPS) is 41.8. The van der Waals surface area contributed by atoms with Crippen LogP contribution in [0.25, 0.3) is 0 Å². The average molecular weight is 410 g/mol. The third kappa shape index (κ3) is 3.92. The van der Waals surface area contributed by atoms with Gasteiger partial charge in [-0.3, -0.25) is 9.59 Å². The fraction of sp³-hybridized carbons (Fsp3) is 0.762. The number of ether oxygens (including phenoxy) is 4. The maximum atomic E-state index is 12.4. The number of carbonyl (C=O) groups excluding carboxylic acids is 3. The van der Waals surface area contributed by atoms with Crippen molar-refractivity contribution in [3.8, 4) is 0 Å². The summed E-state index contributed by atoms with van der Waals surface area (Å²) in [6.45, 7) is 12.1. The van der Waals surface area contributed by atoms with Gasteiger partial charge in [-0.2, -0.15) is 0 Å². The van der Waals surface area contributed by atoms with E-state index in [1.807, 2.05) is 0 Å². The molecule has 0 aromatic heterocycles. The summed E-state index contributed by atoms with van der Waals surface area (Å²) in [6, 6.07) is 0. The van der Waals surface area contributed by atoms with E-state index in [1.165, 1.54) is 6.92 Å². The van der Waals surface area contributed by atoms with E-state index in [0.717, 1.165) is 0 Å². The Hall–Kier alpha value is -1.93. The van der Waals surface area contributed by atoms with Crippen LogP contribution in [0.15, 0.2) is 12.2 Å². The number of rotatable bonds is 3. The molecule has 3 rings (SSSR count). The monoisotopic (exact) mass is 410 g/mol. The fourth-order valence-electron chi connectivity index (χ4n) is 4.60. The molecule has 1 N–H and O–H groups in total. The smallest absolute Gasteiger partial charge is 0.334 e. The van der Waals surface area contributed by atoms with Gasteiger partial charge in [0, 0.05) is 31.3 Å². The molecule has 3 saturated heterocycles. The van der Waals surface area contributed by atoms with Crippen LogP contribution in [0.5, 0.6) is 0 Å². The van der Waals surface area contributed by atoms with E-state index in [2.05, 4.69) is 6.58 Å². The van der Waals surface area contributed by atoms with Crippen molar-refractivity contribution in [3.05, 3.63) is 12.2 Å². The zero-order valence-electron chi connectivity index (χ0n) is 17.6. The minimum atomic E-state index is -1.56. The van der Waals surface area contributed by atoms with Crippen molar-refractivity contribution >= 4 is 17.9 Å². The van der Waals surface area contributed by atoms with Crippen molar-refractivity contribution < 1.29 is 38.4 Å². The molecule has 0 radical (unpaired) electrons. The third-order valence-corrected chi connectivity index (χ3v) is 6.30. The molecule has 3 aliphatic heterocycles. The summed E-state index contributed by atoms with van der Waals surface area (Å²) in [5.74, 6) is -4.36. The van der Waals surface area contributed by atoms with E-state index in [9.17, 15) is 19.5 Å². The van der Waals surface area contributed by atoms with Crippen LogP contribution in [-0.2, 0) is 33.3 Å². The van der Waals surface area contributed by atoms with Crippen molar-refractivity contribution in [2.45, 2.75) is 83.6 Å². The van der Waals surface area contributed by atoms with Gasteiger partial charge in [0.2, 0.25) is 0 Å². The molecular formula is C21H30O8. The van der Waals surface area contributed by atoms with Gasteiger partial charge in [0.05, 0.1) is 11.8 Å². The summed E-state index contributed by atoms with van der Waals surface area (Å²) >= 11 is 0. The van der Waals surface area contributed by atoms with Crippen molar-refractivity contribution in [3.63, 3.8) is 0 Å². The minimum Gasteiger partial charge on any atom is -0.461 e. The Balaban J connectivity index is 2.03. The Morgan fingerprint density at radius 2 is 1.93 bits per heavy atom. The van der Waals surface area contributed by atoms with Crippen LogP contribution >= 0.6 is 0 Å². The zero-order chi connectivity index (χ0) is 21.7. The van der Waals surface area contributed by atoms with Crippen LogP contribution in [0.2, 0.25) is 0 Å². The number of esters is 3. The molecule has 3 aliphatic rings. The Kier molecular flexibility index (Phi) is 5.55. The van der Waals surface area contributed by atoms with Crippen LogP contribution in [0.1, 0.15) is 53.9 Å². The zero-order valence-corrected chi connectivity index (χ0v) is 17.6. The first-order chi connectivity index (χ1) is 13.4. The van der Waals surface area contributed by atoms with E-state index < -0.39 is 59.4 Å². The van der Waals surface area contributed by atoms with Crippen LogP contribution in [0.3, 0.4) is 0 Å². The summed E-state index contributed by atoms with van der Waals surface area (Å²) in [6.07, 6.45) is -1.58. The largest absolute Gasteiger partial charge is 0.461 e. The minimum absolute atomic E-state index is 0.0847. The molecule has 0 aromatic carbocycles. The molecule has 0 aliphatic carbocycles.